The van der Waals surface area contributed by atoms with Gasteiger partial charge in [0.15, 0.2) is 0 Å². The molecule has 6 heteroatoms. The summed E-state index contributed by atoms with van der Waals surface area (Å²) >= 11 is 0. The zero-order valence-electron chi connectivity index (χ0n) is 23.8. The molecular weight excluding hydrogens is 704 g/mol. The number of hydrogen-bond donors (Lipinski definition) is 2. The minimum Gasteiger partial charge on any atom is -0.470 e. The molecule has 1 aliphatic carbocycles. The first-order valence-corrected chi connectivity index (χ1v) is 14.2. The quantitative estimate of drug-likeness (QED) is 0.187. The summed E-state index contributed by atoms with van der Waals surface area (Å²) in [7, 11) is 0. The van der Waals surface area contributed by atoms with E-state index in [0.29, 0.717) is 11.8 Å². The molecule has 2 aromatic rings. The van der Waals surface area contributed by atoms with Crippen LogP contribution in [0.3, 0.4) is 0 Å². The van der Waals surface area contributed by atoms with E-state index in [1.165, 1.54) is 24.0 Å². The Kier molecular flexibility index (Phi) is 12.9. The van der Waals surface area contributed by atoms with Gasteiger partial charge in [-0.25, -0.2) is 4.98 Å². The van der Waals surface area contributed by atoms with Crippen molar-refractivity contribution in [2.45, 2.75) is 65.2 Å². The average Bonchev–Trinajstić information content (AvgIpc) is 3.31. The summed E-state index contributed by atoms with van der Waals surface area (Å²) < 4.78 is 2.23. The molecule has 0 amide bonds. The molecule has 206 valence electrons. The molecule has 1 aromatic carbocycles. The molecule has 4 rings (SSSR count). The molecule has 0 radical (unpaired) electrons. The molecule has 1 fully saturated rings. The molecular formula is C33H44N5U-. The number of nitrogens with two attached hydrogens (primary N) is 1. The van der Waals surface area contributed by atoms with E-state index >= 15 is 0 Å². The zero-order valence-corrected chi connectivity index (χ0v) is 28.0. The standard InChI is InChI=1S/C33H44N5.U/c1-4-21-38-32(30(34)5-2)31(19-18-28-13-8-7-12-26(28)3)36-33(38)29-16-14-27(15-17-29)25-35-20-11-24-37-22-9-6-10-23-37;/h4-5,7-10,12-13,18-19,21-23,25,27,29,35H,6,11,14-17,20,24,34H2,1-3H3;/q-1;/b19-18+,21-4-,30-5+;. The number of aryl methyl sites for hydroxylation is 1. The van der Waals surface area contributed by atoms with E-state index in [-0.39, 0.29) is 31.1 Å². The van der Waals surface area contributed by atoms with Gasteiger partial charge in [-0.1, -0.05) is 67.5 Å². The summed E-state index contributed by atoms with van der Waals surface area (Å²) in [5, 5.41) is 3.59. The van der Waals surface area contributed by atoms with E-state index in [1.807, 2.05) is 13.0 Å². The summed E-state index contributed by atoms with van der Waals surface area (Å²) in [5.41, 5.74) is 11.7. The number of hydrogen-bond acceptors (Lipinski definition) is 4. The maximum Gasteiger partial charge on any atom is 0.117 e. The maximum atomic E-state index is 6.53. The number of allylic oxidation sites excluding steroid dienone is 4. The summed E-state index contributed by atoms with van der Waals surface area (Å²) in [6.45, 7) is 10.6. The summed E-state index contributed by atoms with van der Waals surface area (Å²) in [6.07, 6.45) is 26.0. The number of nitrogens with one attached hydrogen (secondary N) is 1. The van der Waals surface area contributed by atoms with Crippen molar-refractivity contribution in [3.05, 3.63) is 95.9 Å². The molecule has 2 aliphatic rings. The van der Waals surface area contributed by atoms with E-state index in [2.05, 4.69) is 108 Å². The number of nitrogens with zero attached hydrogens (tertiary/aromatic N) is 3. The molecule has 5 nitrogen and oxygen atoms in total. The molecule has 0 atom stereocenters. The van der Waals surface area contributed by atoms with Crippen LogP contribution in [-0.2, 0) is 0 Å². The first-order valence-electron chi connectivity index (χ1n) is 14.2. The fourth-order valence-corrected chi connectivity index (χ4v) is 5.37. The minimum absolute atomic E-state index is 0. The van der Waals surface area contributed by atoms with Crippen LogP contribution in [0.5, 0.6) is 0 Å². The fraction of sp³-hybridized carbons (Fsp3) is 0.394. The van der Waals surface area contributed by atoms with E-state index in [0.717, 1.165) is 61.7 Å². The average molecular weight is 749 g/mol. The van der Waals surface area contributed by atoms with E-state index in [1.54, 1.807) is 0 Å². The molecule has 0 saturated heterocycles. The molecule has 2 heterocycles. The Hall–Kier alpha value is -2.26. The van der Waals surface area contributed by atoms with Gasteiger partial charge in [0.05, 0.1) is 17.1 Å². The smallest absolute Gasteiger partial charge is 0.117 e. The van der Waals surface area contributed by atoms with Gasteiger partial charge in [0, 0.05) is 49.8 Å². The molecule has 0 spiro atoms. The normalized spacial score (nSPS) is 19.8. The van der Waals surface area contributed by atoms with E-state index in [9.17, 15) is 0 Å². The second-order valence-electron chi connectivity index (χ2n) is 10.3. The molecule has 39 heavy (non-hydrogen) atoms. The van der Waals surface area contributed by atoms with E-state index < -0.39 is 0 Å². The van der Waals surface area contributed by atoms with Crippen LogP contribution < -0.4 is 11.1 Å². The zero-order chi connectivity index (χ0) is 26.7. The molecule has 0 unspecified atom stereocenters. The summed E-state index contributed by atoms with van der Waals surface area (Å²) in [6, 6.07) is 8.43. The number of aromatic nitrogens is 2. The summed E-state index contributed by atoms with van der Waals surface area (Å²) in [4.78, 5) is 7.45. The van der Waals surface area contributed by atoms with Gasteiger partial charge in [-0.15, -0.1) is 0 Å². The second kappa shape index (κ2) is 16.1. The van der Waals surface area contributed by atoms with Crippen LogP contribution in [0.15, 0.2) is 61.0 Å². The Morgan fingerprint density at radius 3 is 2.54 bits per heavy atom. The van der Waals surface area contributed by atoms with Crippen molar-refractivity contribution in [1.29, 1.82) is 0 Å². The Morgan fingerprint density at radius 2 is 1.85 bits per heavy atom. The van der Waals surface area contributed by atoms with Gasteiger partial charge in [-0.3, -0.25) is 6.54 Å². The van der Waals surface area contributed by atoms with Crippen LogP contribution in [0.2, 0.25) is 0 Å². The van der Waals surface area contributed by atoms with Gasteiger partial charge in [0.1, 0.15) is 5.82 Å². The third-order valence-corrected chi connectivity index (χ3v) is 7.55. The first kappa shape index (κ1) is 31.3. The minimum atomic E-state index is 0. The van der Waals surface area contributed by atoms with Gasteiger partial charge in [0.25, 0.3) is 0 Å². The third kappa shape index (κ3) is 8.61. The van der Waals surface area contributed by atoms with Crippen LogP contribution >= 0.6 is 0 Å². The molecule has 1 aliphatic heterocycles. The van der Waals surface area contributed by atoms with Crippen LogP contribution in [0.25, 0.3) is 24.0 Å². The van der Waals surface area contributed by atoms with E-state index in [4.69, 9.17) is 10.7 Å². The van der Waals surface area contributed by atoms with Crippen LogP contribution in [-0.4, -0.2) is 27.5 Å². The predicted octanol–water partition coefficient (Wildman–Crippen LogP) is 7.32. The SMILES string of the molecule is C/C=C\n1c(C2CCC([CH-]NCCCN3C=CCC=C3)CC2)nc(/C=C/c2ccccc2C)c1/C(N)=C\C.[U]. The molecule has 1 aromatic heterocycles. The van der Waals surface area contributed by atoms with Crippen molar-refractivity contribution in [1.82, 2.24) is 19.8 Å². The predicted molar refractivity (Wildman–Crippen MR) is 162 cm³/mol. The van der Waals surface area contributed by atoms with Gasteiger partial charge in [-0.2, -0.15) is 5.92 Å². The van der Waals surface area contributed by atoms with Crippen molar-refractivity contribution in [3.63, 3.8) is 0 Å². The fourth-order valence-electron chi connectivity index (χ4n) is 5.37. The third-order valence-electron chi connectivity index (χ3n) is 7.55. The topological polar surface area (TPSA) is 59.1 Å². The van der Waals surface area contributed by atoms with Crippen LogP contribution in [0, 0.1) is 50.5 Å². The van der Waals surface area contributed by atoms with Crippen molar-refractivity contribution < 1.29 is 31.1 Å². The Balaban J connectivity index is 0.00000420. The molecule has 1 saturated carbocycles. The van der Waals surface area contributed by atoms with Gasteiger partial charge < -0.3 is 20.5 Å². The summed E-state index contributed by atoms with van der Waals surface area (Å²) in [5.74, 6) is 2.17. The largest absolute Gasteiger partial charge is 0.470 e. The van der Waals surface area contributed by atoms with Crippen molar-refractivity contribution in [2.24, 2.45) is 11.7 Å². The van der Waals surface area contributed by atoms with Crippen LogP contribution in [0.4, 0.5) is 0 Å². The number of rotatable bonds is 11. The van der Waals surface area contributed by atoms with Gasteiger partial charge in [-0.05, 0) is 82.6 Å². The molecule has 0 bridgehead atoms. The first-order chi connectivity index (χ1) is 18.6. The van der Waals surface area contributed by atoms with Gasteiger partial charge >= 0.3 is 0 Å². The number of imidazole rings is 1. The molecule has 3 N–H and O–H groups in total. The Labute approximate surface area is 259 Å². The Bertz CT molecular complexity index is 1180. The van der Waals surface area contributed by atoms with Crippen molar-refractivity contribution >= 4 is 24.0 Å². The van der Waals surface area contributed by atoms with Crippen LogP contribution in [0.1, 0.15) is 86.6 Å². The monoisotopic (exact) mass is 748 g/mol. The van der Waals surface area contributed by atoms with Crippen molar-refractivity contribution in [3.8, 4) is 0 Å². The van der Waals surface area contributed by atoms with Crippen molar-refractivity contribution in [2.75, 3.05) is 13.1 Å². The van der Waals surface area contributed by atoms with Gasteiger partial charge in [0.2, 0.25) is 0 Å². The number of benzene rings is 1. The second-order valence-corrected chi connectivity index (χ2v) is 10.3. The maximum absolute atomic E-state index is 6.53. The Morgan fingerprint density at radius 1 is 1.10 bits per heavy atom.